The second kappa shape index (κ2) is 5.16. The quantitative estimate of drug-likeness (QED) is 0.846. The van der Waals surface area contributed by atoms with Crippen LogP contribution < -0.4 is 15.2 Å². The lowest BCUT2D eigenvalue weighted by Gasteiger charge is -2.26. The first kappa shape index (κ1) is 11.2. The summed E-state index contributed by atoms with van der Waals surface area (Å²) in [5.41, 5.74) is 5.91. The third-order valence-electron chi connectivity index (χ3n) is 2.86. The summed E-state index contributed by atoms with van der Waals surface area (Å²) in [4.78, 5) is 4.23. The summed E-state index contributed by atoms with van der Waals surface area (Å²) in [6.07, 6.45) is 4.41. The Kier molecular flexibility index (Phi) is 3.62. The van der Waals surface area contributed by atoms with Gasteiger partial charge in [-0.2, -0.15) is 4.98 Å². The third kappa shape index (κ3) is 2.85. The Balaban J connectivity index is 1.97. The zero-order valence-corrected chi connectivity index (χ0v) is 9.56. The van der Waals surface area contributed by atoms with E-state index in [-0.39, 0.29) is 12.1 Å². The lowest BCUT2D eigenvalue weighted by atomic mass is 9.94. The van der Waals surface area contributed by atoms with Gasteiger partial charge >= 0.3 is 0 Å². The number of methoxy groups -OCH3 is 1. The Morgan fingerprint density at radius 1 is 1.31 bits per heavy atom. The Morgan fingerprint density at radius 3 is 2.88 bits per heavy atom. The Bertz CT molecular complexity index is 344. The van der Waals surface area contributed by atoms with Gasteiger partial charge in [-0.1, -0.05) is 6.07 Å². The standard InChI is InChI=1S/C12H18N2O2/c1-15-11-6-3-7-12(14-11)16-10-5-2-4-9(13)8-10/h3,6-7,9-10H,2,4-5,8,13H2,1H3. The highest BCUT2D eigenvalue weighted by atomic mass is 16.5. The molecule has 4 heteroatoms. The van der Waals surface area contributed by atoms with Crippen molar-refractivity contribution in [1.29, 1.82) is 0 Å². The van der Waals surface area contributed by atoms with Gasteiger partial charge in [0.25, 0.3) is 0 Å². The van der Waals surface area contributed by atoms with E-state index in [1.165, 1.54) is 0 Å². The van der Waals surface area contributed by atoms with Crippen LogP contribution in [-0.2, 0) is 0 Å². The Hall–Kier alpha value is -1.29. The van der Waals surface area contributed by atoms with Gasteiger partial charge in [0.15, 0.2) is 0 Å². The summed E-state index contributed by atoms with van der Waals surface area (Å²) in [5, 5.41) is 0. The van der Waals surface area contributed by atoms with Crippen LogP contribution in [0.4, 0.5) is 0 Å². The highest BCUT2D eigenvalue weighted by Gasteiger charge is 2.20. The zero-order valence-electron chi connectivity index (χ0n) is 9.56. The molecule has 88 valence electrons. The van der Waals surface area contributed by atoms with Gasteiger partial charge in [-0.15, -0.1) is 0 Å². The average Bonchev–Trinajstić information content (AvgIpc) is 2.29. The average molecular weight is 222 g/mol. The second-order valence-corrected chi connectivity index (χ2v) is 4.18. The molecular weight excluding hydrogens is 204 g/mol. The number of pyridine rings is 1. The number of nitrogens with two attached hydrogens (primary N) is 1. The number of rotatable bonds is 3. The second-order valence-electron chi connectivity index (χ2n) is 4.18. The molecule has 1 fully saturated rings. The van der Waals surface area contributed by atoms with Crippen molar-refractivity contribution in [1.82, 2.24) is 4.98 Å². The third-order valence-corrected chi connectivity index (χ3v) is 2.86. The highest BCUT2D eigenvalue weighted by Crippen LogP contribution is 2.22. The molecule has 2 unspecified atom stereocenters. The Labute approximate surface area is 95.8 Å². The van der Waals surface area contributed by atoms with Crippen molar-refractivity contribution in [2.75, 3.05) is 7.11 Å². The maximum Gasteiger partial charge on any atom is 0.216 e. The molecular formula is C12H18N2O2. The molecule has 1 heterocycles. The van der Waals surface area contributed by atoms with Crippen LogP contribution in [0.3, 0.4) is 0 Å². The van der Waals surface area contributed by atoms with Crippen molar-refractivity contribution < 1.29 is 9.47 Å². The van der Waals surface area contributed by atoms with E-state index >= 15 is 0 Å². The number of nitrogens with zero attached hydrogens (tertiary/aromatic N) is 1. The molecule has 0 bridgehead atoms. The largest absolute Gasteiger partial charge is 0.481 e. The van der Waals surface area contributed by atoms with Crippen molar-refractivity contribution in [2.45, 2.75) is 37.8 Å². The fraction of sp³-hybridized carbons (Fsp3) is 0.583. The zero-order chi connectivity index (χ0) is 11.4. The molecule has 1 aliphatic carbocycles. The first-order valence-electron chi connectivity index (χ1n) is 5.71. The molecule has 1 aliphatic rings. The number of ether oxygens (including phenoxy) is 2. The van der Waals surface area contributed by atoms with Gasteiger partial charge in [0.05, 0.1) is 7.11 Å². The molecule has 1 aromatic rings. The van der Waals surface area contributed by atoms with E-state index in [0.717, 1.165) is 25.7 Å². The van der Waals surface area contributed by atoms with Crippen LogP contribution in [0.5, 0.6) is 11.8 Å². The molecule has 0 spiro atoms. The normalized spacial score (nSPS) is 25.1. The fourth-order valence-electron chi connectivity index (χ4n) is 2.03. The van der Waals surface area contributed by atoms with E-state index in [4.69, 9.17) is 15.2 Å². The van der Waals surface area contributed by atoms with Crippen LogP contribution in [0.25, 0.3) is 0 Å². The van der Waals surface area contributed by atoms with E-state index in [2.05, 4.69) is 4.98 Å². The van der Waals surface area contributed by atoms with Crippen molar-refractivity contribution >= 4 is 0 Å². The van der Waals surface area contributed by atoms with Gasteiger partial charge in [-0.05, 0) is 25.7 Å². The van der Waals surface area contributed by atoms with Gasteiger partial charge in [-0.3, -0.25) is 0 Å². The van der Waals surface area contributed by atoms with Crippen molar-refractivity contribution in [2.24, 2.45) is 5.73 Å². The lowest BCUT2D eigenvalue weighted by Crippen LogP contribution is -2.33. The molecule has 2 rings (SSSR count). The summed E-state index contributed by atoms with van der Waals surface area (Å²) >= 11 is 0. The summed E-state index contributed by atoms with van der Waals surface area (Å²) in [5.74, 6) is 1.20. The van der Waals surface area contributed by atoms with E-state index in [1.54, 1.807) is 13.2 Å². The maximum atomic E-state index is 5.91. The van der Waals surface area contributed by atoms with Gasteiger partial charge in [-0.25, -0.2) is 0 Å². The molecule has 0 aromatic carbocycles. The van der Waals surface area contributed by atoms with Gasteiger partial charge < -0.3 is 15.2 Å². The van der Waals surface area contributed by atoms with Crippen LogP contribution in [0.15, 0.2) is 18.2 Å². The summed E-state index contributed by atoms with van der Waals surface area (Å²) in [6.45, 7) is 0. The molecule has 1 aromatic heterocycles. The summed E-state index contributed by atoms with van der Waals surface area (Å²) < 4.78 is 10.8. The molecule has 0 aliphatic heterocycles. The molecule has 4 nitrogen and oxygen atoms in total. The molecule has 1 saturated carbocycles. The molecule has 2 atom stereocenters. The van der Waals surface area contributed by atoms with Crippen LogP contribution in [0.2, 0.25) is 0 Å². The minimum Gasteiger partial charge on any atom is -0.481 e. The number of aromatic nitrogens is 1. The minimum atomic E-state index is 0.198. The van der Waals surface area contributed by atoms with Crippen LogP contribution in [0.1, 0.15) is 25.7 Å². The van der Waals surface area contributed by atoms with Crippen molar-refractivity contribution in [3.63, 3.8) is 0 Å². The monoisotopic (exact) mass is 222 g/mol. The maximum absolute atomic E-state index is 5.91. The van der Waals surface area contributed by atoms with Gasteiger partial charge in [0.1, 0.15) is 6.10 Å². The minimum absolute atomic E-state index is 0.198. The smallest absolute Gasteiger partial charge is 0.216 e. The number of hydrogen-bond donors (Lipinski definition) is 1. The van der Waals surface area contributed by atoms with E-state index < -0.39 is 0 Å². The molecule has 0 amide bonds. The van der Waals surface area contributed by atoms with Gasteiger partial charge in [0.2, 0.25) is 11.8 Å². The summed E-state index contributed by atoms with van der Waals surface area (Å²) in [7, 11) is 1.60. The predicted octanol–water partition coefficient (Wildman–Crippen LogP) is 1.74. The Morgan fingerprint density at radius 2 is 2.12 bits per heavy atom. The van der Waals surface area contributed by atoms with E-state index in [0.29, 0.717) is 11.8 Å². The predicted molar refractivity (Wildman–Crippen MR) is 61.6 cm³/mol. The molecule has 2 N–H and O–H groups in total. The molecule has 0 saturated heterocycles. The van der Waals surface area contributed by atoms with Crippen LogP contribution in [0, 0.1) is 0 Å². The highest BCUT2D eigenvalue weighted by molar-refractivity contribution is 5.19. The molecule has 16 heavy (non-hydrogen) atoms. The van der Waals surface area contributed by atoms with Crippen molar-refractivity contribution in [3.8, 4) is 11.8 Å². The number of hydrogen-bond acceptors (Lipinski definition) is 4. The van der Waals surface area contributed by atoms with E-state index in [1.807, 2.05) is 12.1 Å². The van der Waals surface area contributed by atoms with E-state index in [9.17, 15) is 0 Å². The van der Waals surface area contributed by atoms with Crippen LogP contribution in [-0.4, -0.2) is 24.2 Å². The molecule has 0 radical (unpaired) electrons. The SMILES string of the molecule is COc1cccc(OC2CCCC(N)C2)n1. The first-order chi connectivity index (χ1) is 7.78. The van der Waals surface area contributed by atoms with Crippen LogP contribution >= 0.6 is 0 Å². The van der Waals surface area contributed by atoms with Gasteiger partial charge in [0, 0.05) is 18.2 Å². The first-order valence-corrected chi connectivity index (χ1v) is 5.71. The lowest BCUT2D eigenvalue weighted by molar-refractivity contribution is 0.137. The summed E-state index contributed by atoms with van der Waals surface area (Å²) in [6, 6.07) is 5.80. The van der Waals surface area contributed by atoms with Crippen molar-refractivity contribution in [3.05, 3.63) is 18.2 Å². The topological polar surface area (TPSA) is 57.4 Å². The fourth-order valence-corrected chi connectivity index (χ4v) is 2.03.